The summed E-state index contributed by atoms with van der Waals surface area (Å²) in [4.78, 5) is 24.3. The van der Waals surface area contributed by atoms with Crippen molar-refractivity contribution >= 4 is 11.6 Å². The smallest absolute Gasteiger partial charge is 0.155 e. The van der Waals surface area contributed by atoms with Crippen LogP contribution in [0, 0.1) is 17.3 Å². The van der Waals surface area contributed by atoms with Crippen molar-refractivity contribution in [2.45, 2.75) is 39.5 Å². The number of hydrogen-bond donors (Lipinski definition) is 0. The highest BCUT2D eigenvalue weighted by atomic mass is 16.1. The minimum absolute atomic E-state index is 0.148. The van der Waals surface area contributed by atoms with Crippen LogP contribution in [0.2, 0.25) is 0 Å². The molecule has 3 aliphatic rings. The summed E-state index contributed by atoms with van der Waals surface area (Å²) in [6.45, 7) is 3.70. The highest BCUT2D eigenvalue weighted by Gasteiger charge is 2.56. The highest BCUT2D eigenvalue weighted by molar-refractivity contribution is 6.02. The van der Waals surface area contributed by atoms with Gasteiger partial charge in [-0.1, -0.05) is 12.2 Å². The van der Waals surface area contributed by atoms with Crippen LogP contribution in [-0.2, 0) is 9.59 Å². The van der Waals surface area contributed by atoms with Gasteiger partial charge in [0.2, 0.25) is 0 Å². The Labute approximate surface area is 102 Å². The van der Waals surface area contributed by atoms with Crippen LogP contribution >= 0.6 is 0 Å². The lowest BCUT2D eigenvalue weighted by Crippen LogP contribution is -2.24. The largest absolute Gasteiger partial charge is 0.298 e. The average molecular weight is 230 g/mol. The quantitative estimate of drug-likeness (QED) is 0.649. The molecule has 3 atom stereocenters. The van der Waals surface area contributed by atoms with Crippen molar-refractivity contribution in [1.82, 2.24) is 0 Å². The summed E-state index contributed by atoms with van der Waals surface area (Å²) in [5.41, 5.74) is 1.84. The Kier molecular flexibility index (Phi) is 2.19. The molecule has 1 fully saturated rings. The van der Waals surface area contributed by atoms with E-state index >= 15 is 0 Å². The first-order chi connectivity index (χ1) is 8.05. The summed E-state index contributed by atoms with van der Waals surface area (Å²) in [6.07, 6.45) is 7.76. The SMILES string of the molecule is CC(=O)C1=C2[C@@H]3CC=CC[C@@H]3C(=O)[C@]2(C)CC1. The van der Waals surface area contributed by atoms with Gasteiger partial charge in [0.25, 0.3) is 0 Å². The number of fused-ring (bicyclic) bond motifs is 3. The molecule has 90 valence electrons. The fraction of sp³-hybridized carbons (Fsp3) is 0.600. The number of rotatable bonds is 1. The Balaban J connectivity index is 2.16. The van der Waals surface area contributed by atoms with Crippen LogP contribution < -0.4 is 0 Å². The van der Waals surface area contributed by atoms with Crippen molar-refractivity contribution < 1.29 is 9.59 Å². The van der Waals surface area contributed by atoms with E-state index in [1.807, 2.05) is 0 Å². The Morgan fingerprint density at radius 2 is 1.94 bits per heavy atom. The van der Waals surface area contributed by atoms with Crippen LogP contribution in [0.5, 0.6) is 0 Å². The predicted octanol–water partition coefficient (Wildman–Crippen LogP) is 2.84. The van der Waals surface area contributed by atoms with E-state index in [1.165, 1.54) is 5.57 Å². The van der Waals surface area contributed by atoms with Crippen LogP contribution in [0.4, 0.5) is 0 Å². The van der Waals surface area contributed by atoms with E-state index in [0.717, 1.165) is 31.3 Å². The maximum Gasteiger partial charge on any atom is 0.155 e. The molecule has 0 radical (unpaired) electrons. The first-order valence-corrected chi connectivity index (χ1v) is 6.49. The van der Waals surface area contributed by atoms with Crippen LogP contribution in [0.1, 0.15) is 39.5 Å². The number of carbonyl (C=O) groups is 2. The van der Waals surface area contributed by atoms with Gasteiger partial charge < -0.3 is 0 Å². The Morgan fingerprint density at radius 3 is 2.59 bits per heavy atom. The molecule has 0 unspecified atom stereocenters. The molecule has 1 saturated carbocycles. The Morgan fingerprint density at radius 1 is 1.29 bits per heavy atom. The molecule has 3 aliphatic carbocycles. The summed E-state index contributed by atoms with van der Waals surface area (Å²) in [5, 5.41) is 0. The summed E-state index contributed by atoms with van der Waals surface area (Å²) in [5.74, 6) is 1.03. The third-order valence-electron chi connectivity index (χ3n) is 4.90. The summed E-state index contributed by atoms with van der Waals surface area (Å²) in [7, 11) is 0. The molecule has 0 spiro atoms. The van der Waals surface area contributed by atoms with E-state index in [1.54, 1.807) is 6.92 Å². The molecular weight excluding hydrogens is 212 g/mol. The molecule has 3 rings (SSSR count). The van der Waals surface area contributed by atoms with Gasteiger partial charge in [0.15, 0.2) is 5.78 Å². The minimum Gasteiger partial charge on any atom is -0.298 e. The standard InChI is InChI=1S/C15H18O2/c1-9(16)10-7-8-15(2)13(10)11-5-3-4-6-12(11)14(15)17/h3-4,11-12H,5-8H2,1-2H3/t11-,12+,15-/m1/s1. The first-order valence-electron chi connectivity index (χ1n) is 6.49. The molecule has 0 amide bonds. The van der Waals surface area contributed by atoms with E-state index in [-0.39, 0.29) is 17.1 Å². The molecule has 0 aromatic rings. The van der Waals surface area contributed by atoms with Crippen molar-refractivity contribution in [2.75, 3.05) is 0 Å². The molecule has 2 nitrogen and oxygen atoms in total. The minimum atomic E-state index is -0.317. The van der Waals surface area contributed by atoms with Gasteiger partial charge in [-0.15, -0.1) is 0 Å². The number of Topliss-reactive ketones (excluding diaryl/α,β-unsaturated/α-hetero) is 2. The Hall–Kier alpha value is -1.18. The second-order valence-corrected chi connectivity index (χ2v) is 5.80. The summed E-state index contributed by atoms with van der Waals surface area (Å²) in [6, 6.07) is 0. The molecule has 2 heteroatoms. The van der Waals surface area contributed by atoms with Gasteiger partial charge in [0.05, 0.1) is 0 Å². The lowest BCUT2D eigenvalue weighted by atomic mass is 9.81. The number of hydrogen-bond acceptors (Lipinski definition) is 2. The molecular formula is C15H18O2. The third kappa shape index (κ3) is 1.27. The van der Waals surface area contributed by atoms with Crippen molar-refractivity contribution in [3.63, 3.8) is 0 Å². The molecule has 0 aliphatic heterocycles. The Bertz CT molecular complexity index is 469. The summed E-state index contributed by atoms with van der Waals surface area (Å²) < 4.78 is 0. The molecule has 0 heterocycles. The zero-order chi connectivity index (χ0) is 12.2. The van der Waals surface area contributed by atoms with Crippen molar-refractivity contribution in [2.24, 2.45) is 17.3 Å². The number of carbonyl (C=O) groups excluding carboxylic acids is 2. The van der Waals surface area contributed by atoms with Crippen molar-refractivity contribution in [1.29, 1.82) is 0 Å². The second kappa shape index (κ2) is 3.41. The van der Waals surface area contributed by atoms with E-state index in [4.69, 9.17) is 0 Å². The maximum atomic E-state index is 12.5. The van der Waals surface area contributed by atoms with Crippen LogP contribution in [-0.4, -0.2) is 11.6 Å². The van der Waals surface area contributed by atoms with Gasteiger partial charge in [-0.05, 0) is 56.6 Å². The molecule has 0 N–H and O–H groups in total. The molecule has 0 saturated heterocycles. The lowest BCUT2D eigenvalue weighted by molar-refractivity contribution is -0.127. The second-order valence-electron chi connectivity index (χ2n) is 5.80. The van der Waals surface area contributed by atoms with Gasteiger partial charge in [-0.3, -0.25) is 9.59 Å². The highest BCUT2D eigenvalue weighted by Crippen LogP contribution is 2.58. The first kappa shape index (κ1) is 10.9. The van der Waals surface area contributed by atoms with Crippen molar-refractivity contribution in [3.8, 4) is 0 Å². The van der Waals surface area contributed by atoms with Gasteiger partial charge in [-0.25, -0.2) is 0 Å². The van der Waals surface area contributed by atoms with Gasteiger partial charge in [0, 0.05) is 11.3 Å². The molecule has 0 bridgehead atoms. The molecule has 0 aromatic carbocycles. The van der Waals surface area contributed by atoms with Crippen LogP contribution in [0.25, 0.3) is 0 Å². The van der Waals surface area contributed by atoms with E-state index < -0.39 is 0 Å². The van der Waals surface area contributed by atoms with E-state index in [0.29, 0.717) is 11.7 Å². The van der Waals surface area contributed by atoms with Crippen LogP contribution in [0.3, 0.4) is 0 Å². The maximum absolute atomic E-state index is 12.5. The fourth-order valence-corrected chi connectivity index (χ4v) is 4.06. The zero-order valence-electron chi connectivity index (χ0n) is 10.5. The van der Waals surface area contributed by atoms with E-state index in [2.05, 4.69) is 19.1 Å². The molecule has 17 heavy (non-hydrogen) atoms. The lowest BCUT2D eigenvalue weighted by Gasteiger charge is -2.21. The topological polar surface area (TPSA) is 34.1 Å². The van der Waals surface area contributed by atoms with Gasteiger partial charge >= 0.3 is 0 Å². The van der Waals surface area contributed by atoms with Gasteiger partial charge in [0.1, 0.15) is 5.78 Å². The zero-order valence-corrected chi connectivity index (χ0v) is 10.5. The van der Waals surface area contributed by atoms with E-state index in [9.17, 15) is 9.59 Å². The predicted molar refractivity (Wildman–Crippen MR) is 65.4 cm³/mol. The van der Waals surface area contributed by atoms with Gasteiger partial charge in [-0.2, -0.15) is 0 Å². The number of ketones is 2. The normalized spacial score (nSPS) is 39.5. The van der Waals surface area contributed by atoms with Crippen molar-refractivity contribution in [3.05, 3.63) is 23.3 Å². The third-order valence-corrected chi connectivity index (χ3v) is 4.90. The summed E-state index contributed by atoms with van der Waals surface area (Å²) >= 11 is 0. The number of allylic oxidation sites excluding steroid dienone is 4. The molecule has 0 aromatic heterocycles. The monoisotopic (exact) mass is 230 g/mol. The average Bonchev–Trinajstić information content (AvgIpc) is 2.76. The fourth-order valence-electron chi connectivity index (χ4n) is 4.06. The van der Waals surface area contributed by atoms with Crippen LogP contribution in [0.15, 0.2) is 23.3 Å².